The Morgan fingerprint density at radius 3 is 2.65 bits per heavy atom. The van der Waals surface area contributed by atoms with E-state index in [1.165, 1.54) is 7.11 Å². The summed E-state index contributed by atoms with van der Waals surface area (Å²) in [5.74, 6) is 0.939. The highest BCUT2D eigenvalue weighted by molar-refractivity contribution is 5.51. The molecule has 0 fully saturated rings. The van der Waals surface area contributed by atoms with E-state index < -0.39 is 6.10 Å². The second kappa shape index (κ2) is 6.40. The molecule has 2 rings (SSSR count). The molecule has 108 valence electrons. The molecule has 0 aliphatic carbocycles. The topological polar surface area (TPSA) is 82.5 Å². The number of aliphatic hydroxyl groups is 1. The van der Waals surface area contributed by atoms with Crippen LogP contribution in [0.15, 0.2) is 30.3 Å². The second-order valence-corrected chi connectivity index (χ2v) is 4.48. The monoisotopic (exact) mass is 277 g/mol. The molecule has 3 N–H and O–H groups in total. The van der Waals surface area contributed by atoms with Crippen molar-refractivity contribution < 1.29 is 14.6 Å². The van der Waals surface area contributed by atoms with Crippen LogP contribution in [0.2, 0.25) is 0 Å². The van der Waals surface area contributed by atoms with Gasteiger partial charge >= 0.3 is 0 Å². The quantitative estimate of drug-likeness (QED) is 0.827. The molecule has 0 unspecified atom stereocenters. The van der Waals surface area contributed by atoms with E-state index in [1.54, 1.807) is 4.68 Å². The lowest BCUT2D eigenvalue weighted by molar-refractivity contribution is 0.0311. The van der Waals surface area contributed by atoms with E-state index in [0.717, 1.165) is 11.3 Å². The van der Waals surface area contributed by atoms with E-state index >= 15 is 0 Å². The van der Waals surface area contributed by atoms with Crippen molar-refractivity contribution >= 4 is 5.82 Å². The van der Waals surface area contributed by atoms with Gasteiger partial charge in [-0.2, -0.15) is 0 Å². The van der Waals surface area contributed by atoms with Crippen molar-refractivity contribution in [3.05, 3.63) is 35.9 Å². The highest BCUT2D eigenvalue weighted by Gasteiger charge is 2.15. The van der Waals surface area contributed by atoms with Gasteiger partial charge in [0.25, 0.3) is 0 Å². The van der Waals surface area contributed by atoms with Gasteiger partial charge in [-0.1, -0.05) is 18.2 Å². The molecule has 6 heteroatoms. The van der Waals surface area contributed by atoms with Gasteiger partial charge in [0.1, 0.15) is 18.5 Å². The molecule has 6 nitrogen and oxygen atoms in total. The molecule has 0 aliphatic heterocycles. The fourth-order valence-corrected chi connectivity index (χ4v) is 1.81. The summed E-state index contributed by atoms with van der Waals surface area (Å²) in [4.78, 5) is 0. The molecule has 1 heterocycles. The fourth-order valence-electron chi connectivity index (χ4n) is 1.81. The van der Waals surface area contributed by atoms with Crippen molar-refractivity contribution in [2.45, 2.75) is 13.0 Å². The first-order chi connectivity index (χ1) is 9.63. The average molecular weight is 277 g/mol. The number of para-hydroxylation sites is 1. The molecule has 0 radical (unpaired) electrons. The summed E-state index contributed by atoms with van der Waals surface area (Å²) >= 11 is 0. The number of hydrogen-bond donors (Lipinski definition) is 2. The van der Waals surface area contributed by atoms with E-state index in [4.69, 9.17) is 15.2 Å². The van der Waals surface area contributed by atoms with E-state index in [9.17, 15) is 5.11 Å². The van der Waals surface area contributed by atoms with Gasteiger partial charge in [0.05, 0.1) is 17.9 Å². The first-order valence-corrected chi connectivity index (χ1v) is 6.33. The Hall–Kier alpha value is -2.05. The smallest absolute Gasteiger partial charge is 0.238 e. The molecule has 1 aromatic heterocycles. The van der Waals surface area contributed by atoms with Crippen LogP contribution in [0, 0.1) is 6.92 Å². The van der Waals surface area contributed by atoms with Crippen LogP contribution in [0.4, 0.5) is 5.82 Å². The molecule has 0 saturated carbocycles. The average Bonchev–Trinajstić information content (AvgIpc) is 2.74. The number of rotatable bonds is 6. The number of anilines is 1. The predicted octanol–water partition coefficient (Wildman–Crippen LogP) is 1.15. The van der Waals surface area contributed by atoms with Crippen molar-refractivity contribution in [1.82, 2.24) is 9.78 Å². The van der Waals surface area contributed by atoms with Gasteiger partial charge in [-0.05, 0) is 19.1 Å². The zero-order valence-electron chi connectivity index (χ0n) is 11.6. The summed E-state index contributed by atoms with van der Waals surface area (Å²) in [6.07, 6.45) is -0.692. The maximum Gasteiger partial charge on any atom is 0.238 e. The lowest BCUT2D eigenvalue weighted by Gasteiger charge is -2.09. The minimum Gasteiger partial charge on any atom is -0.474 e. The molecule has 1 atom stereocenters. The van der Waals surface area contributed by atoms with Crippen LogP contribution in [0.1, 0.15) is 5.56 Å². The number of nitrogens with two attached hydrogens (primary N) is 1. The van der Waals surface area contributed by atoms with Crippen molar-refractivity contribution in [3.63, 3.8) is 0 Å². The molecule has 1 aromatic carbocycles. The predicted molar refractivity (Wildman–Crippen MR) is 76.1 cm³/mol. The number of nitrogen functional groups attached to an aromatic ring is 1. The lowest BCUT2D eigenvalue weighted by atomic mass is 10.3. The number of benzene rings is 1. The Morgan fingerprint density at radius 2 is 2.00 bits per heavy atom. The third-order valence-corrected chi connectivity index (χ3v) is 2.90. The molecule has 0 saturated heterocycles. The first-order valence-electron chi connectivity index (χ1n) is 6.33. The SMILES string of the molecule is COC[C@H](O)COc1nn(-c2ccccc2)c(N)c1C. The number of methoxy groups -OCH3 is 1. The van der Waals surface area contributed by atoms with Crippen LogP contribution < -0.4 is 10.5 Å². The van der Waals surface area contributed by atoms with Gasteiger partial charge in [0.15, 0.2) is 0 Å². The summed E-state index contributed by atoms with van der Waals surface area (Å²) in [7, 11) is 1.52. The Bertz CT molecular complexity index is 554. The highest BCUT2D eigenvalue weighted by atomic mass is 16.5. The maximum absolute atomic E-state index is 9.58. The molecule has 0 spiro atoms. The number of aliphatic hydroxyl groups excluding tert-OH is 1. The summed E-state index contributed by atoms with van der Waals surface area (Å²) < 4.78 is 12.0. The molecular formula is C14H19N3O3. The van der Waals surface area contributed by atoms with Crippen LogP contribution in [0.5, 0.6) is 5.88 Å². The number of aromatic nitrogens is 2. The van der Waals surface area contributed by atoms with Crippen molar-refractivity contribution in [3.8, 4) is 11.6 Å². The van der Waals surface area contributed by atoms with Crippen LogP contribution in [0.25, 0.3) is 5.69 Å². The summed E-state index contributed by atoms with van der Waals surface area (Å²) in [6, 6.07) is 9.57. The van der Waals surface area contributed by atoms with Gasteiger partial charge in [-0.25, -0.2) is 4.68 Å². The minimum atomic E-state index is -0.692. The highest BCUT2D eigenvalue weighted by Crippen LogP contribution is 2.25. The second-order valence-electron chi connectivity index (χ2n) is 4.48. The standard InChI is InChI=1S/C14H19N3O3/c1-10-13(15)17(11-6-4-3-5-7-11)16-14(10)20-9-12(18)8-19-2/h3-7,12,18H,8-9,15H2,1-2H3/t12-/m0/s1. The third-order valence-electron chi connectivity index (χ3n) is 2.90. The molecule has 0 aliphatic rings. The van der Waals surface area contributed by atoms with E-state index in [-0.39, 0.29) is 13.2 Å². The maximum atomic E-state index is 9.58. The van der Waals surface area contributed by atoms with Crippen LogP contribution in [-0.4, -0.2) is 41.3 Å². The minimum absolute atomic E-state index is 0.111. The van der Waals surface area contributed by atoms with Crippen LogP contribution in [-0.2, 0) is 4.74 Å². The van der Waals surface area contributed by atoms with Crippen molar-refractivity contribution in [2.24, 2.45) is 0 Å². The van der Waals surface area contributed by atoms with Gasteiger partial charge < -0.3 is 20.3 Å². The first kappa shape index (κ1) is 14.4. The Balaban J connectivity index is 2.16. The molecule has 2 aromatic rings. The number of hydrogen-bond acceptors (Lipinski definition) is 5. The molecular weight excluding hydrogens is 258 g/mol. The number of nitrogens with zero attached hydrogens (tertiary/aromatic N) is 2. The molecule has 0 bridgehead atoms. The van der Waals surface area contributed by atoms with Crippen molar-refractivity contribution in [1.29, 1.82) is 0 Å². The largest absolute Gasteiger partial charge is 0.474 e. The fraction of sp³-hybridized carbons (Fsp3) is 0.357. The van der Waals surface area contributed by atoms with Gasteiger partial charge in [-0.3, -0.25) is 0 Å². The van der Waals surface area contributed by atoms with E-state index in [1.807, 2.05) is 37.3 Å². The van der Waals surface area contributed by atoms with E-state index in [2.05, 4.69) is 5.10 Å². The number of ether oxygens (including phenoxy) is 2. The zero-order valence-corrected chi connectivity index (χ0v) is 11.6. The Labute approximate surface area is 117 Å². The Kier molecular flexibility index (Phi) is 4.60. The summed E-state index contributed by atoms with van der Waals surface area (Å²) in [6.45, 7) is 2.16. The third kappa shape index (κ3) is 3.09. The molecule has 20 heavy (non-hydrogen) atoms. The van der Waals surface area contributed by atoms with Gasteiger partial charge in [0, 0.05) is 7.11 Å². The van der Waals surface area contributed by atoms with E-state index in [0.29, 0.717) is 11.7 Å². The van der Waals surface area contributed by atoms with Crippen molar-refractivity contribution in [2.75, 3.05) is 26.1 Å². The van der Waals surface area contributed by atoms with Crippen LogP contribution >= 0.6 is 0 Å². The van der Waals surface area contributed by atoms with Crippen LogP contribution in [0.3, 0.4) is 0 Å². The van der Waals surface area contributed by atoms with Gasteiger partial charge in [-0.15, -0.1) is 5.10 Å². The zero-order chi connectivity index (χ0) is 14.5. The lowest BCUT2D eigenvalue weighted by Crippen LogP contribution is -2.22. The molecule has 0 amide bonds. The van der Waals surface area contributed by atoms with Gasteiger partial charge in [0.2, 0.25) is 5.88 Å². The normalized spacial score (nSPS) is 12.3. The Morgan fingerprint density at radius 1 is 1.30 bits per heavy atom. The summed E-state index contributed by atoms with van der Waals surface area (Å²) in [5.41, 5.74) is 7.64. The summed E-state index contributed by atoms with van der Waals surface area (Å²) in [5, 5.41) is 13.9.